The Balaban J connectivity index is 1.89. The van der Waals surface area contributed by atoms with E-state index in [1.165, 1.54) is 11.1 Å². The number of likely N-dealkylation sites (N-methyl/N-ethyl adjacent to an activating group) is 1. The third kappa shape index (κ3) is 5.99. The maximum absolute atomic E-state index is 10.2. The molecule has 3 nitrogen and oxygen atoms in total. The molecule has 1 N–H and O–H groups in total. The molecule has 0 heterocycles. The summed E-state index contributed by atoms with van der Waals surface area (Å²) < 4.78 is 5.90. The first-order chi connectivity index (χ1) is 11.7. The first kappa shape index (κ1) is 18.5. The van der Waals surface area contributed by atoms with E-state index in [4.69, 9.17) is 4.74 Å². The van der Waals surface area contributed by atoms with E-state index < -0.39 is 6.10 Å². The van der Waals surface area contributed by atoms with Crippen LogP contribution in [-0.2, 0) is 12.8 Å². The van der Waals surface area contributed by atoms with Gasteiger partial charge in [0.05, 0.1) is 0 Å². The Hall–Kier alpha value is -1.84. The summed E-state index contributed by atoms with van der Waals surface area (Å²) in [7, 11) is 0. The van der Waals surface area contributed by atoms with E-state index in [-0.39, 0.29) is 0 Å². The maximum Gasteiger partial charge on any atom is 0.122 e. The third-order valence-corrected chi connectivity index (χ3v) is 4.29. The summed E-state index contributed by atoms with van der Waals surface area (Å²) in [5, 5.41) is 10.2. The van der Waals surface area contributed by atoms with Gasteiger partial charge in [0.15, 0.2) is 0 Å². The van der Waals surface area contributed by atoms with Crippen LogP contribution in [0.5, 0.6) is 5.75 Å². The minimum absolute atomic E-state index is 0.332. The van der Waals surface area contributed by atoms with E-state index in [1.54, 1.807) is 0 Å². The first-order valence-electron chi connectivity index (χ1n) is 8.88. The standard InChI is InChI=1S/C21H29NO2/c1-3-22(4-2)16-20(23)17-24-21-13-9-8-12-19(21)15-14-18-10-6-5-7-11-18/h5-13,20,23H,3-4,14-17H2,1-2H3. The molecule has 0 aliphatic heterocycles. The van der Waals surface area contributed by atoms with Crippen molar-refractivity contribution in [1.82, 2.24) is 4.90 Å². The highest BCUT2D eigenvalue weighted by atomic mass is 16.5. The fraction of sp³-hybridized carbons (Fsp3) is 0.429. The van der Waals surface area contributed by atoms with Gasteiger partial charge in [-0.3, -0.25) is 0 Å². The fourth-order valence-electron chi connectivity index (χ4n) is 2.79. The molecule has 0 amide bonds. The van der Waals surface area contributed by atoms with Gasteiger partial charge in [0.2, 0.25) is 0 Å². The number of para-hydroxylation sites is 1. The van der Waals surface area contributed by atoms with Crippen molar-refractivity contribution >= 4 is 0 Å². The lowest BCUT2D eigenvalue weighted by Crippen LogP contribution is -2.35. The van der Waals surface area contributed by atoms with Crippen molar-refractivity contribution in [2.75, 3.05) is 26.2 Å². The van der Waals surface area contributed by atoms with Crippen LogP contribution >= 0.6 is 0 Å². The summed E-state index contributed by atoms with van der Waals surface area (Å²) in [6.45, 7) is 7.09. The lowest BCUT2D eigenvalue weighted by molar-refractivity contribution is 0.0713. The van der Waals surface area contributed by atoms with E-state index in [9.17, 15) is 5.11 Å². The molecule has 0 aliphatic carbocycles. The second-order valence-corrected chi connectivity index (χ2v) is 6.04. The first-order valence-corrected chi connectivity index (χ1v) is 8.88. The summed E-state index contributed by atoms with van der Waals surface area (Å²) in [6.07, 6.45) is 1.46. The summed E-state index contributed by atoms with van der Waals surface area (Å²) in [4.78, 5) is 2.20. The molecule has 2 aromatic rings. The summed E-state index contributed by atoms with van der Waals surface area (Å²) in [6, 6.07) is 18.6. The number of aliphatic hydroxyl groups excluding tert-OH is 1. The van der Waals surface area contributed by atoms with Gasteiger partial charge in [-0.1, -0.05) is 62.4 Å². The van der Waals surface area contributed by atoms with E-state index in [1.807, 2.05) is 24.3 Å². The highest BCUT2D eigenvalue weighted by Gasteiger charge is 2.11. The molecule has 0 radical (unpaired) electrons. The molecule has 0 saturated heterocycles. The number of nitrogens with zero attached hydrogens (tertiary/aromatic N) is 1. The highest BCUT2D eigenvalue weighted by Crippen LogP contribution is 2.20. The van der Waals surface area contributed by atoms with Gasteiger partial charge in [0.1, 0.15) is 18.5 Å². The lowest BCUT2D eigenvalue weighted by Gasteiger charge is -2.22. The maximum atomic E-state index is 10.2. The number of aliphatic hydroxyl groups is 1. The quantitative estimate of drug-likeness (QED) is 0.724. The molecule has 2 rings (SSSR count). The van der Waals surface area contributed by atoms with Gasteiger partial charge < -0.3 is 14.7 Å². The van der Waals surface area contributed by atoms with Crippen molar-refractivity contribution in [3.8, 4) is 5.75 Å². The molecule has 3 heteroatoms. The molecule has 0 bridgehead atoms. The molecule has 0 spiro atoms. The Morgan fingerprint density at radius 3 is 2.29 bits per heavy atom. The molecule has 130 valence electrons. The Bertz CT molecular complexity index is 581. The van der Waals surface area contributed by atoms with Crippen LogP contribution in [0.25, 0.3) is 0 Å². The van der Waals surface area contributed by atoms with Crippen LogP contribution in [0.2, 0.25) is 0 Å². The zero-order chi connectivity index (χ0) is 17.2. The fourth-order valence-corrected chi connectivity index (χ4v) is 2.79. The van der Waals surface area contributed by atoms with E-state index in [0.717, 1.165) is 31.7 Å². The van der Waals surface area contributed by atoms with Crippen LogP contribution < -0.4 is 4.74 Å². The Labute approximate surface area is 145 Å². The van der Waals surface area contributed by atoms with Crippen LogP contribution in [0.1, 0.15) is 25.0 Å². The van der Waals surface area contributed by atoms with Gasteiger partial charge >= 0.3 is 0 Å². The minimum Gasteiger partial charge on any atom is -0.491 e. The average Bonchev–Trinajstić information content (AvgIpc) is 2.64. The third-order valence-electron chi connectivity index (χ3n) is 4.29. The smallest absolute Gasteiger partial charge is 0.122 e. The van der Waals surface area contributed by atoms with Gasteiger partial charge in [-0.2, -0.15) is 0 Å². The topological polar surface area (TPSA) is 32.7 Å². The Morgan fingerprint density at radius 1 is 0.917 bits per heavy atom. The zero-order valence-corrected chi connectivity index (χ0v) is 14.8. The monoisotopic (exact) mass is 327 g/mol. The molecule has 0 fully saturated rings. The molecule has 2 aromatic carbocycles. The normalized spacial score (nSPS) is 12.3. The van der Waals surface area contributed by atoms with Gasteiger partial charge in [-0.25, -0.2) is 0 Å². The van der Waals surface area contributed by atoms with Crippen molar-refractivity contribution in [2.45, 2.75) is 32.8 Å². The number of aryl methyl sites for hydroxylation is 2. The second kappa shape index (κ2) is 10.1. The molecule has 0 saturated carbocycles. The highest BCUT2D eigenvalue weighted by molar-refractivity contribution is 5.34. The van der Waals surface area contributed by atoms with Gasteiger partial charge in [-0.15, -0.1) is 0 Å². The van der Waals surface area contributed by atoms with Crippen molar-refractivity contribution in [2.24, 2.45) is 0 Å². The largest absolute Gasteiger partial charge is 0.491 e. The molecular weight excluding hydrogens is 298 g/mol. The minimum atomic E-state index is -0.466. The average molecular weight is 327 g/mol. The van der Waals surface area contributed by atoms with Gasteiger partial charge in [-0.05, 0) is 43.1 Å². The predicted octanol–water partition coefficient (Wildman–Crippen LogP) is 3.55. The van der Waals surface area contributed by atoms with Crippen molar-refractivity contribution in [3.05, 3.63) is 65.7 Å². The number of hydrogen-bond acceptors (Lipinski definition) is 3. The van der Waals surface area contributed by atoms with Crippen LogP contribution in [-0.4, -0.2) is 42.4 Å². The number of benzene rings is 2. The second-order valence-electron chi connectivity index (χ2n) is 6.04. The Kier molecular flexibility index (Phi) is 7.80. The van der Waals surface area contributed by atoms with Crippen LogP contribution in [0.3, 0.4) is 0 Å². The lowest BCUT2D eigenvalue weighted by atomic mass is 10.0. The molecular formula is C21H29NO2. The van der Waals surface area contributed by atoms with E-state index >= 15 is 0 Å². The van der Waals surface area contributed by atoms with E-state index in [0.29, 0.717) is 13.2 Å². The molecule has 24 heavy (non-hydrogen) atoms. The predicted molar refractivity (Wildman–Crippen MR) is 99.6 cm³/mol. The Morgan fingerprint density at radius 2 is 1.58 bits per heavy atom. The number of rotatable bonds is 10. The molecule has 0 aliphatic rings. The number of ether oxygens (including phenoxy) is 1. The summed E-state index contributed by atoms with van der Waals surface area (Å²) >= 11 is 0. The van der Waals surface area contributed by atoms with Crippen LogP contribution in [0.15, 0.2) is 54.6 Å². The SMILES string of the molecule is CCN(CC)CC(O)COc1ccccc1CCc1ccccc1. The van der Waals surface area contributed by atoms with Gasteiger partial charge in [0.25, 0.3) is 0 Å². The van der Waals surface area contributed by atoms with Crippen LogP contribution in [0, 0.1) is 0 Å². The summed E-state index contributed by atoms with van der Waals surface area (Å²) in [5.41, 5.74) is 2.52. The van der Waals surface area contributed by atoms with E-state index in [2.05, 4.69) is 49.1 Å². The van der Waals surface area contributed by atoms with Crippen LogP contribution in [0.4, 0.5) is 0 Å². The van der Waals surface area contributed by atoms with Gasteiger partial charge in [0, 0.05) is 6.54 Å². The molecule has 1 unspecified atom stereocenters. The summed E-state index contributed by atoms with van der Waals surface area (Å²) in [5.74, 6) is 0.882. The van der Waals surface area contributed by atoms with Crippen molar-refractivity contribution in [3.63, 3.8) is 0 Å². The molecule has 0 aromatic heterocycles. The zero-order valence-electron chi connectivity index (χ0n) is 14.8. The van der Waals surface area contributed by atoms with Crippen molar-refractivity contribution < 1.29 is 9.84 Å². The van der Waals surface area contributed by atoms with Crippen molar-refractivity contribution in [1.29, 1.82) is 0 Å². The molecule has 1 atom stereocenters. The number of hydrogen-bond donors (Lipinski definition) is 1.